The van der Waals surface area contributed by atoms with Crippen molar-refractivity contribution in [3.05, 3.63) is 83.8 Å². The van der Waals surface area contributed by atoms with Crippen molar-refractivity contribution in [1.29, 1.82) is 0 Å². The van der Waals surface area contributed by atoms with Crippen molar-refractivity contribution in [2.45, 2.75) is 27.7 Å². The molecule has 2 aromatic rings. The number of benzene rings is 1. The van der Waals surface area contributed by atoms with Gasteiger partial charge in [-0.15, -0.1) is 0 Å². The molecule has 0 aliphatic heterocycles. The number of rotatable bonds is 5. The van der Waals surface area contributed by atoms with E-state index in [0.717, 1.165) is 22.8 Å². The monoisotopic (exact) mass is 367 g/mol. The fraction of sp³-hybridized carbons (Fsp3) is 0.227. The summed E-state index contributed by atoms with van der Waals surface area (Å²) < 4.78 is 0. The summed E-state index contributed by atoms with van der Waals surface area (Å²) in [6, 6.07) is 15.6. The first-order chi connectivity index (χ1) is 12.8. The van der Waals surface area contributed by atoms with Crippen molar-refractivity contribution >= 4 is 30.7 Å². The Morgan fingerprint density at radius 1 is 0.923 bits per heavy atom. The van der Waals surface area contributed by atoms with Crippen LogP contribution in [0, 0.1) is 0 Å². The second kappa shape index (κ2) is 16.0. The van der Waals surface area contributed by atoms with Gasteiger partial charge in [-0.1, -0.05) is 50.3 Å². The second-order valence-corrected chi connectivity index (χ2v) is 4.67. The summed E-state index contributed by atoms with van der Waals surface area (Å²) in [5, 5.41) is 0. The minimum absolute atomic E-state index is 0.808. The first-order valence-corrected chi connectivity index (χ1v) is 9.52. The van der Waals surface area contributed by atoms with Crippen molar-refractivity contribution < 1.29 is 0 Å². The van der Waals surface area contributed by atoms with Gasteiger partial charge in [0, 0.05) is 5.70 Å². The lowest BCUT2D eigenvalue weighted by Gasteiger charge is -1.96. The van der Waals surface area contributed by atoms with Gasteiger partial charge in [0.25, 0.3) is 0 Å². The van der Waals surface area contributed by atoms with Crippen molar-refractivity contribution in [1.82, 2.24) is 4.98 Å². The number of pyridine rings is 1. The normalized spacial score (nSPS) is 11.2. The van der Waals surface area contributed by atoms with Gasteiger partial charge in [0.2, 0.25) is 0 Å². The van der Waals surface area contributed by atoms with E-state index >= 15 is 0 Å². The molecule has 0 aliphatic carbocycles. The van der Waals surface area contributed by atoms with Crippen LogP contribution in [-0.4, -0.2) is 23.7 Å². The van der Waals surface area contributed by atoms with Crippen LogP contribution in [-0.2, 0) is 0 Å². The Kier molecular flexibility index (Phi) is 14.5. The third-order valence-corrected chi connectivity index (χ3v) is 2.82. The van der Waals surface area contributed by atoms with Crippen molar-refractivity contribution in [2.24, 2.45) is 9.98 Å². The van der Waals surface area contributed by atoms with Crippen molar-refractivity contribution in [3.8, 4) is 0 Å². The number of nitrogens with zero attached hydrogens (tertiary/aromatic N) is 3. The fourth-order valence-corrected chi connectivity index (χ4v) is 1.71. The predicted molar refractivity (Wildman–Crippen MR) is 120 cm³/mol. The Morgan fingerprint density at radius 2 is 1.54 bits per heavy atom. The molecular formula is C22H29N3S. The van der Waals surface area contributed by atoms with Gasteiger partial charge in [-0.2, -0.15) is 12.6 Å². The average Bonchev–Trinajstić information content (AvgIpc) is 2.73. The molecule has 0 spiro atoms. The van der Waals surface area contributed by atoms with Gasteiger partial charge >= 0.3 is 0 Å². The fourth-order valence-electron chi connectivity index (χ4n) is 1.71. The summed E-state index contributed by atoms with van der Waals surface area (Å²) in [5.41, 5.74) is 3.46. The maximum atomic E-state index is 4.50. The smallest absolute Gasteiger partial charge is 0.0820 e. The van der Waals surface area contributed by atoms with Gasteiger partial charge in [0.1, 0.15) is 0 Å². The number of hydrogen-bond donors (Lipinski definition) is 1. The molecule has 3 nitrogen and oxygen atoms in total. The summed E-state index contributed by atoms with van der Waals surface area (Å²) in [7, 11) is 0. The van der Waals surface area contributed by atoms with Gasteiger partial charge in [0.15, 0.2) is 0 Å². The zero-order chi connectivity index (χ0) is 19.6. The molecule has 0 radical (unpaired) electrons. The van der Waals surface area contributed by atoms with Crippen LogP contribution in [0.4, 0.5) is 5.69 Å². The zero-order valence-electron chi connectivity index (χ0n) is 16.3. The van der Waals surface area contributed by atoms with Crippen LogP contribution in [0.5, 0.6) is 0 Å². The Bertz CT molecular complexity index is 717. The lowest BCUT2D eigenvalue weighted by atomic mass is 10.3. The molecule has 138 valence electrons. The molecular weight excluding hydrogens is 338 g/mol. The number of para-hydroxylation sites is 1. The highest BCUT2D eigenvalue weighted by atomic mass is 32.1. The van der Waals surface area contributed by atoms with Gasteiger partial charge in [-0.05, 0) is 50.4 Å². The van der Waals surface area contributed by atoms with E-state index in [9.17, 15) is 0 Å². The number of thiol groups is 1. The molecule has 1 aromatic heterocycles. The van der Waals surface area contributed by atoms with Crippen LogP contribution in [0.15, 0.2) is 82.4 Å². The predicted octanol–water partition coefficient (Wildman–Crippen LogP) is 6.30. The molecule has 0 unspecified atom stereocenters. The van der Waals surface area contributed by atoms with Gasteiger partial charge in [-0.25, -0.2) is 4.98 Å². The van der Waals surface area contributed by atoms with Crippen molar-refractivity contribution in [2.75, 3.05) is 6.26 Å². The molecule has 1 heterocycles. The lowest BCUT2D eigenvalue weighted by molar-refractivity contribution is 1.25. The summed E-state index contributed by atoms with van der Waals surface area (Å²) in [4.78, 5) is 13.3. The number of allylic oxidation sites excluding steroid dienone is 4. The molecule has 0 fully saturated rings. The van der Waals surface area contributed by atoms with Crippen LogP contribution in [0.2, 0.25) is 0 Å². The van der Waals surface area contributed by atoms with Crippen LogP contribution in [0.1, 0.15) is 39.1 Å². The minimum atomic E-state index is 0.808. The molecule has 1 aromatic carbocycles. The Balaban J connectivity index is 0.00000146. The summed E-state index contributed by atoms with van der Waals surface area (Å²) in [5.74, 6) is 0. The largest absolute Gasteiger partial charge is 0.259 e. The van der Waals surface area contributed by atoms with Crippen LogP contribution < -0.4 is 0 Å². The Morgan fingerprint density at radius 3 is 2.15 bits per heavy atom. The highest BCUT2D eigenvalue weighted by molar-refractivity contribution is 7.79. The SMILES string of the molecule is C/C=C\C=C(/C)N=Cc1cccc(C=Nc2ccccc2)n1.CC.CS. The zero-order valence-corrected chi connectivity index (χ0v) is 17.2. The van der Waals surface area contributed by atoms with E-state index in [1.807, 2.05) is 94.5 Å². The Hall–Kier alpha value is -2.46. The summed E-state index contributed by atoms with van der Waals surface area (Å²) >= 11 is 3.53. The van der Waals surface area contributed by atoms with E-state index < -0.39 is 0 Å². The van der Waals surface area contributed by atoms with Gasteiger partial charge in [0.05, 0.1) is 29.5 Å². The molecule has 26 heavy (non-hydrogen) atoms. The van der Waals surface area contributed by atoms with E-state index in [2.05, 4.69) is 27.6 Å². The first kappa shape index (κ1) is 23.5. The van der Waals surface area contributed by atoms with Crippen LogP contribution in [0.25, 0.3) is 0 Å². The molecule has 4 heteroatoms. The topological polar surface area (TPSA) is 37.6 Å². The molecule has 0 aliphatic rings. The number of hydrogen-bond acceptors (Lipinski definition) is 4. The third kappa shape index (κ3) is 10.4. The van der Waals surface area contributed by atoms with E-state index in [-0.39, 0.29) is 0 Å². The maximum Gasteiger partial charge on any atom is 0.0820 e. The number of aromatic nitrogens is 1. The molecule has 0 atom stereocenters. The van der Waals surface area contributed by atoms with E-state index in [1.54, 1.807) is 18.7 Å². The average molecular weight is 368 g/mol. The maximum absolute atomic E-state index is 4.50. The third-order valence-electron chi connectivity index (χ3n) is 2.82. The second-order valence-electron chi connectivity index (χ2n) is 4.67. The summed E-state index contributed by atoms with van der Waals surface area (Å²) in [6.45, 7) is 7.93. The highest BCUT2D eigenvalue weighted by Gasteiger charge is 1.93. The molecule has 0 saturated carbocycles. The first-order valence-electron chi connectivity index (χ1n) is 8.62. The molecule has 0 bridgehead atoms. The minimum Gasteiger partial charge on any atom is -0.259 e. The Labute approximate surface area is 163 Å². The van der Waals surface area contributed by atoms with Crippen LogP contribution >= 0.6 is 12.6 Å². The molecule has 0 amide bonds. The highest BCUT2D eigenvalue weighted by Crippen LogP contribution is 2.09. The van der Waals surface area contributed by atoms with E-state index in [4.69, 9.17) is 0 Å². The van der Waals surface area contributed by atoms with Crippen LogP contribution in [0.3, 0.4) is 0 Å². The van der Waals surface area contributed by atoms with E-state index in [0.29, 0.717) is 0 Å². The molecule has 2 rings (SSSR count). The van der Waals surface area contributed by atoms with Crippen molar-refractivity contribution in [3.63, 3.8) is 0 Å². The standard InChI is InChI=1S/C19H19N3.C2H6.CH4S/c1-3-4-9-16(2)20-14-18-12-8-13-19(22-18)15-21-17-10-6-5-7-11-17;2*1-2/h3-15H,1-2H3;1-2H3;2H,1H3/b4-3-,16-9+,20-14?,21-15?;;. The number of aliphatic imine (C=N–C) groups is 2. The lowest BCUT2D eigenvalue weighted by Crippen LogP contribution is -1.93. The quantitative estimate of drug-likeness (QED) is 0.376. The summed E-state index contributed by atoms with van der Waals surface area (Å²) in [6.07, 6.45) is 11.1. The molecule has 0 saturated heterocycles. The molecule has 0 N–H and O–H groups in total. The van der Waals surface area contributed by atoms with E-state index in [1.165, 1.54) is 0 Å². The van der Waals surface area contributed by atoms with Gasteiger partial charge < -0.3 is 0 Å². The van der Waals surface area contributed by atoms with Gasteiger partial charge in [-0.3, -0.25) is 9.98 Å².